The third kappa shape index (κ3) is 3.16. The minimum absolute atomic E-state index is 0.598. The van der Waals surface area contributed by atoms with E-state index in [-0.39, 0.29) is 0 Å². The average molecular weight is 267 g/mol. The molecule has 3 heteroatoms. The quantitative estimate of drug-likeness (QED) is 0.849. The average Bonchev–Trinajstić information content (AvgIpc) is 2.55. The van der Waals surface area contributed by atoms with Gasteiger partial charge >= 0.3 is 0 Å². The van der Waals surface area contributed by atoms with Gasteiger partial charge in [0.2, 0.25) is 0 Å². The normalized spacial score (nSPS) is 19.0. The number of aromatic nitrogens is 2. The summed E-state index contributed by atoms with van der Waals surface area (Å²) in [7, 11) is 0. The summed E-state index contributed by atoms with van der Waals surface area (Å²) in [4.78, 5) is 11.1. The molecule has 2 aromatic rings. The summed E-state index contributed by atoms with van der Waals surface area (Å²) >= 11 is 0. The zero-order chi connectivity index (χ0) is 13.6. The summed E-state index contributed by atoms with van der Waals surface area (Å²) in [6, 6.07) is 11.4. The van der Waals surface area contributed by atoms with Gasteiger partial charge in [0.15, 0.2) is 0 Å². The Bertz CT molecular complexity index is 512. The maximum atomic E-state index is 4.47. The van der Waals surface area contributed by atoms with E-state index in [1.807, 2.05) is 6.20 Å². The number of piperidine rings is 1. The molecule has 0 bridgehead atoms. The van der Waals surface area contributed by atoms with Crippen LogP contribution in [0.2, 0.25) is 0 Å². The molecule has 1 saturated heterocycles. The summed E-state index contributed by atoms with van der Waals surface area (Å²) in [5.41, 5.74) is 1.43. The zero-order valence-corrected chi connectivity index (χ0v) is 11.8. The first-order chi connectivity index (χ1) is 9.93. The Morgan fingerprint density at radius 1 is 1.10 bits per heavy atom. The van der Waals surface area contributed by atoms with Gasteiger partial charge in [-0.2, -0.15) is 0 Å². The summed E-state index contributed by atoms with van der Waals surface area (Å²) in [5.74, 6) is 1.03. The highest BCUT2D eigenvalue weighted by atomic mass is 15.2. The van der Waals surface area contributed by atoms with Gasteiger partial charge in [-0.05, 0) is 37.7 Å². The SMILES string of the molecule is c1ccc(CCC2CCCCN2c2cnccn2)cc1. The zero-order valence-electron chi connectivity index (χ0n) is 11.8. The van der Waals surface area contributed by atoms with Crippen LogP contribution in [0.25, 0.3) is 0 Å². The van der Waals surface area contributed by atoms with E-state index in [0.29, 0.717) is 6.04 Å². The van der Waals surface area contributed by atoms with Crippen LogP contribution in [0.1, 0.15) is 31.2 Å². The van der Waals surface area contributed by atoms with Crippen molar-refractivity contribution in [2.75, 3.05) is 11.4 Å². The Morgan fingerprint density at radius 2 is 2.00 bits per heavy atom. The molecule has 2 heterocycles. The molecule has 1 aromatic heterocycles. The van der Waals surface area contributed by atoms with Crippen LogP contribution < -0.4 is 4.90 Å². The van der Waals surface area contributed by atoms with E-state index < -0.39 is 0 Å². The largest absolute Gasteiger partial charge is 0.352 e. The van der Waals surface area contributed by atoms with Gasteiger partial charge in [-0.3, -0.25) is 4.98 Å². The van der Waals surface area contributed by atoms with Gasteiger partial charge in [0.05, 0.1) is 6.20 Å². The molecule has 0 amide bonds. The van der Waals surface area contributed by atoms with Gasteiger partial charge in [0.25, 0.3) is 0 Å². The molecule has 1 aliphatic heterocycles. The van der Waals surface area contributed by atoms with E-state index >= 15 is 0 Å². The van der Waals surface area contributed by atoms with Crippen molar-refractivity contribution in [1.82, 2.24) is 9.97 Å². The van der Waals surface area contributed by atoms with Crippen LogP contribution in [-0.4, -0.2) is 22.6 Å². The van der Waals surface area contributed by atoms with Gasteiger partial charge in [-0.1, -0.05) is 30.3 Å². The van der Waals surface area contributed by atoms with Crippen LogP contribution in [0.5, 0.6) is 0 Å². The first kappa shape index (κ1) is 13.1. The molecule has 0 radical (unpaired) electrons. The molecule has 3 rings (SSSR count). The van der Waals surface area contributed by atoms with Gasteiger partial charge < -0.3 is 4.90 Å². The second-order valence-electron chi connectivity index (χ2n) is 5.43. The number of nitrogens with zero attached hydrogens (tertiary/aromatic N) is 3. The molecule has 1 fully saturated rings. The molecule has 1 unspecified atom stereocenters. The van der Waals surface area contributed by atoms with Gasteiger partial charge in [-0.15, -0.1) is 0 Å². The van der Waals surface area contributed by atoms with Crippen molar-refractivity contribution in [3.8, 4) is 0 Å². The first-order valence-electron chi connectivity index (χ1n) is 7.50. The van der Waals surface area contributed by atoms with Gasteiger partial charge in [-0.25, -0.2) is 4.98 Å². The predicted molar refractivity (Wildman–Crippen MR) is 81.8 cm³/mol. The summed E-state index contributed by atoms with van der Waals surface area (Å²) < 4.78 is 0. The fourth-order valence-corrected chi connectivity index (χ4v) is 3.02. The maximum absolute atomic E-state index is 4.47. The highest BCUT2D eigenvalue weighted by molar-refractivity contribution is 5.37. The third-order valence-electron chi connectivity index (χ3n) is 4.08. The second-order valence-corrected chi connectivity index (χ2v) is 5.43. The van der Waals surface area contributed by atoms with Crippen molar-refractivity contribution in [3.05, 3.63) is 54.5 Å². The molecule has 0 saturated carbocycles. The lowest BCUT2D eigenvalue weighted by atomic mass is 9.96. The molecule has 0 aliphatic carbocycles. The number of aryl methyl sites for hydroxylation is 1. The fraction of sp³-hybridized carbons (Fsp3) is 0.412. The fourth-order valence-electron chi connectivity index (χ4n) is 3.02. The van der Waals surface area contributed by atoms with E-state index in [1.165, 1.54) is 31.2 Å². The van der Waals surface area contributed by atoms with Crippen molar-refractivity contribution in [2.45, 2.75) is 38.1 Å². The number of hydrogen-bond acceptors (Lipinski definition) is 3. The number of benzene rings is 1. The Morgan fingerprint density at radius 3 is 2.80 bits per heavy atom. The topological polar surface area (TPSA) is 29.0 Å². The maximum Gasteiger partial charge on any atom is 0.147 e. The lowest BCUT2D eigenvalue weighted by Crippen LogP contribution is -2.40. The minimum atomic E-state index is 0.598. The Kier molecular flexibility index (Phi) is 4.26. The lowest BCUT2D eigenvalue weighted by Gasteiger charge is -2.36. The van der Waals surface area contributed by atoms with Crippen LogP contribution >= 0.6 is 0 Å². The highest BCUT2D eigenvalue weighted by Crippen LogP contribution is 2.25. The molecule has 104 valence electrons. The standard InChI is InChI=1S/C17H21N3/c1-2-6-15(7-3-1)9-10-16-8-4-5-13-20(16)17-14-18-11-12-19-17/h1-3,6-7,11-12,14,16H,4-5,8-10,13H2. The third-order valence-corrected chi connectivity index (χ3v) is 4.08. The van der Waals surface area contributed by atoms with E-state index in [0.717, 1.165) is 18.8 Å². The number of hydrogen-bond donors (Lipinski definition) is 0. The smallest absolute Gasteiger partial charge is 0.147 e. The second kappa shape index (κ2) is 6.51. The first-order valence-corrected chi connectivity index (χ1v) is 7.50. The van der Waals surface area contributed by atoms with Crippen LogP contribution in [-0.2, 0) is 6.42 Å². The van der Waals surface area contributed by atoms with Gasteiger partial charge in [0, 0.05) is 25.0 Å². The Balaban J connectivity index is 1.67. The Hall–Kier alpha value is -1.90. The summed E-state index contributed by atoms with van der Waals surface area (Å²) in [5, 5.41) is 0. The molecule has 1 aromatic carbocycles. The molecule has 0 spiro atoms. The van der Waals surface area contributed by atoms with Crippen molar-refractivity contribution >= 4 is 5.82 Å². The highest BCUT2D eigenvalue weighted by Gasteiger charge is 2.23. The molecular formula is C17H21N3. The number of rotatable bonds is 4. The van der Waals surface area contributed by atoms with Crippen LogP contribution in [0.3, 0.4) is 0 Å². The van der Waals surface area contributed by atoms with Crippen molar-refractivity contribution < 1.29 is 0 Å². The van der Waals surface area contributed by atoms with Crippen LogP contribution in [0.15, 0.2) is 48.9 Å². The van der Waals surface area contributed by atoms with Crippen molar-refractivity contribution in [2.24, 2.45) is 0 Å². The van der Waals surface area contributed by atoms with E-state index in [9.17, 15) is 0 Å². The van der Waals surface area contributed by atoms with E-state index in [4.69, 9.17) is 0 Å². The summed E-state index contributed by atoms with van der Waals surface area (Å²) in [6.07, 6.45) is 11.6. The monoisotopic (exact) mass is 267 g/mol. The van der Waals surface area contributed by atoms with Crippen LogP contribution in [0, 0.1) is 0 Å². The molecular weight excluding hydrogens is 246 g/mol. The molecule has 1 atom stereocenters. The predicted octanol–water partition coefficient (Wildman–Crippen LogP) is 3.47. The van der Waals surface area contributed by atoms with E-state index in [1.54, 1.807) is 12.4 Å². The van der Waals surface area contributed by atoms with Crippen molar-refractivity contribution in [3.63, 3.8) is 0 Å². The van der Waals surface area contributed by atoms with E-state index in [2.05, 4.69) is 45.2 Å². The molecule has 1 aliphatic rings. The van der Waals surface area contributed by atoms with Crippen LogP contribution in [0.4, 0.5) is 5.82 Å². The van der Waals surface area contributed by atoms with Crippen molar-refractivity contribution in [1.29, 1.82) is 0 Å². The molecule has 3 nitrogen and oxygen atoms in total. The molecule has 0 N–H and O–H groups in total. The lowest BCUT2D eigenvalue weighted by molar-refractivity contribution is 0.434. The Labute approximate surface area is 120 Å². The number of anilines is 1. The van der Waals surface area contributed by atoms with Gasteiger partial charge in [0.1, 0.15) is 5.82 Å². The summed E-state index contributed by atoms with van der Waals surface area (Å²) in [6.45, 7) is 1.11. The molecule has 20 heavy (non-hydrogen) atoms. The minimum Gasteiger partial charge on any atom is -0.352 e.